The highest BCUT2D eigenvalue weighted by atomic mass is 32.2. The maximum absolute atomic E-state index is 3.58. The van der Waals surface area contributed by atoms with E-state index in [-0.39, 0.29) is 0 Å². The smallest absolute Gasteiger partial charge is 0.0294 e. The molecule has 0 saturated heterocycles. The van der Waals surface area contributed by atoms with Gasteiger partial charge >= 0.3 is 0 Å². The molecule has 0 amide bonds. The zero-order valence-corrected chi connectivity index (χ0v) is 13.9. The minimum atomic E-state index is 0.367. The number of hydrogen-bond donors (Lipinski definition) is 1. The topological polar surface area (TPSA) is 12.0 Å². The summed E-state index contributed by atoms with van der Waals surface area (Å²) in [7, 11) is 0. The molecule has 0 aliphatic carbocycles. The van der Waals surface area contributed by atoms with E-state index in [1.807, 2.05) is 0 Å². The van der Waals surface area contributed by atoms with Crippen molar-refractivity contribution in [2.45, 2.75) is 29.3 Å². The molecule has 106 valence electrons. The molecule has 1 nitrogen and oxygen atoms in total. The molecule has 0 bridgehead atoms. The van der Waals surface area contributed by atoms with Gasteiger partial charge < -0.3 is 5.32 Å². The molecular weight excluding hydrogens is 282 g/mol. The molecule has 0 aliphatic rings. The molecule has 0 aromatic heterocycles. The predicted molar refractivity (Wildman–Crippen MR) is 91.7 cm³/mol. The number of hydrogen-bond acceptors (Lipinski definition) is 3. The molecule has 2 aromatic rings. The van der Waals surface area contributed by atoms with Crippen molar-refractivity contribution in [3.8, 4) is 0 Å². The average molecular weight is 303 g/mol. The minimum absolute atomic E-state index is 0.367. The minimum Gasteiger partial charge on any atom is -0.306 e. The molecule has 0 aliphatic heterocycles. The Balaban J connectivity index is 1.91. The van der Waals surface area contributed by atoms with Crippen LogP contribution in [0.25, 0.3) is 0 Å². The second-order valence-corrected chi connectivity index (χ2v) is 6.48. The van der Waals surface area contributed by atoms with Crippen LogP contribution in [-0.2, 0) is 6.54 Å². The average Bonchev–Trinajstić information content (AvgIpc) is 2.53. The normalized spacial score (nSPS) is 12.3. The van der Waals surface area contributed by atoms with Crippen LogP contribution in [0.15, 0.2) is 58.3 Å². The lowest BCUT2D eigenvalue weighted by molar-refractivity contribution is 0.574. The fraction of sp³-hybridized carbons (Fsp3) is 0.294. The highest BCUT2D eigenvalue weighted by Crippen LogP contribution is 2.19. The molecule has 2 rings (SSSR count). The lowest BCUT2D eigenvalue weighted by Crippen LogP contribution is -2.17. The Morgan fingerprint density at radius 3 is 1.85 bits per heavy atom. The van der Waals surface area contributed by atoms with Crippen LogP contribution in [-0.4, -0.2) is 12.5 Å². The zero-order valence-electron chi connectivity index (χ0n) is 12.2. The highest BCUT2D eigenvalue weighted by molar-refractivity contribution is 7.98. The zero-order chi connectivity index (χ0) is 14.4. The van der Waals surface area contributed by atoms with Crippen LogP contribution in [0, 0.1) is 0 Å². The predicted octanol–water partition coefficient (Wildman–Crippen LogP) is 4.98. The van der Waals surface area contributed by atoms with Crippen LogP contribution in [0.2, 0.25) is 0 Å². The van der Waals surface area contributed by atoms with E-state index in [0.29, 0.717) is 6.04 Å². The van der Waals surface area contributed by atoms with Crippen LogP contribution in [0.5, 0.6) is 0 Å². The quantitative estimate of drug-likeness (QED) is 0.756. The van der Waals surface area contributed by atoms with E-state index in [9.17, 15) is 0 Å². The maximum atomic E-state index is 3.58. The largest absolute Gasteiger partial charge is 0.306 e. The first-order chi connectivity index (χ1) is 9.72. The Bertz CT molecular complexity index is 520. The standard InChI is InChI=1S/C17H21NS2/c1-13(15-6-10-17(20-3)11-7-15)18-12-14-4-8-16(19-2)9-5-14/h4-11,13,18H,12H2,1-3H3. The first-order valence-electron chi connectivity index (χ1n) is 6.73. The van der Waals surface area contributed by atoms with Crippen LogP contribution in [0.4, 0.5) is 0 Å². The molecule has 1 N–H and O–H groups in total. The molecule has 3 heteroatoms. The summed E-state index contributed by atoms with van der Waals surface area (Å²) in [6.45, 7) is 3.12. The van der Waals surface area contributed by atoms with E-state index >= 15 is 0 Å². The molecule has 2 aromatic carbocycles. The van der Waals surface area contributed by atoms with Gasteiger partial charge in [0, 0.05) is 22.4 Å². The highest BCUT2D eigenvalue weighted by Gasteiger charge is 2.04. The van der Waals surface area contributed by atoms with Gasteiger partial charge in [-0.2, -0.15) is 0 Å². The SMILES string of the molecule is CSc1ccc(CNC(C)c2ccc(SC)cc2)cc1. The van der Waals surface area contributed by atoms with Gasteiger partial charge in [0.15, 0.2) is 0 Å². The van der Waals surface area contributed by atoms with Crippen molar-refractivity contribution < 1.29 is 0 Å². The van der Waals surface area contributed by atoms with Crippen molar-refractivity contribution in [2.75, 3.05) is 12.5 Å². The van der Waals surface area contributed by atoms with Crippen molar-refractivity contribution in [3.05, 3.63) is 59.7 Å². The summed E-state index contributed by atoms with van der Waals surface area (Å²) < 4.78 is 0. The number of rotatable bonds is 6. The Labute approximate surface area is 130 Å². The van der Waals surface area contributed by atoms with Gasteiger partial charge in [-0.25, -0.2) is 0 Å². The van der Waals surface area contributed by atoms with E-state index in [1.165, 1.54) is 20.9 Å². The van der Waals surface area contributed by atoms with E-state index in [2.05, 4.69) is 73.3 Å². The summed E-state index contributed by atoms with van der Waals surface area (Å²) in [5.41, 5.74) is 2.67. The molecule has 0 radical (unpaired) electrons. The third kappa shape index (κ3) is 4.30. The number of benzene rings is 2. The molecule has 20 heavy (non-hydrogen) atoms. The second kappa shape index (κ2) is 7.77. The van der Waals surface area contributed by atoms with Crippen molar-refractivity contribution in [3.63, 3.8) is 0 Å². The van der Waals surface area contributed by atoms with Gasteiger partial charge in [-0.3, -0.25) is 0 Å². The van der Waals surface area contributed by atoms with Crippen LogP contribution in [0.1, 0.15) is 24.1 Å². The molecule has 1 atom stereocenters. The number of nitrogens with one attached hydrogen (secondary N) is 1. The first-order valence-corrected chi connectivity index (χ1v) is 9.18. The van der Waals surface area contributed by atoms with Gasteiger partial charge in [-0.1, -0.05) is 24.3 Å². The number of thioether (sulfide) groups is 2. The maximum Gasteiger partial charge on any atom is 0.0294 e. The molecule has 0 fully saturated rings. The van der Waals surface area contributed by atoms with Gasteiger partial charge in [-0.15, -0.1) is 23.5 Å². The Hall–Kier alpha value is -0.900. The van der Waals surface area contributed by atoms with Crippen LogP contribution >= 0.6 is 23.5 Å². The van der Waals surface area contributed by atoms with Crippen molar-refractivity contribution in [1.82, 2.24) is 5.32 Å². The fourth-order valence-electron chi connectivity index (χ4n) is 2.02. The summed E-state index contributed by atoms with van der Waals surface area (Å²) in [4.78, 5) is 2.63. The van der Waals surface area contributed by atoms with E-state index in [0.717, 1.165) is 6.54 Å². The van der Waals surface area contributed by atoms with Crippen molar-refractivity contribution in [2.24, 2.45) is 0 Å². The van der Waals surface area contributed by atoms with Gasteiger partial charge in [0.2, 0.25) is 0 Å². The van der Waals surface area contributed by atoms with E-state index in [4.69, 9.17) is 0 Å². The lowest BCUT2D eigenvalue weighted by atomic mass is 10.1. The molecule has 0 spiro atoms. The van der Waals surface area contributed by atoms with E-state index < -0.39 is 0 Å². The van der Waals surface area contributed by atoms with Crippen LogP contribution < -0.4 is 5.32 Å². The second-order valence-electron chi connectivity index (χ2n) is 4.72. The molecule has 0 saturated carbocycles. The molecule has 0 heterocycles. The summed E-state index contributed by atoms with van der Waals surface area (Å²) in [5.74, 6) is 0. The van der Waals surface area contributed by atoms with Crippen molar-refractivity contribution >= 4 is 23.5 Å². The Morgan fingerprint density at radius 1 is 0.850 bits per heavy atom. The third-order valence-electron chi connectivity index (χ3n) is 3.39. The fourth-order valence-corrected chi connectivity index (χ4v) is 2.84. The van der Waals surface area contributed by atoms with Gasteiger partial charge in [0.05, 0.1) is 0 Å². The van der Waals surface area contributed by atoms with Gasteiger partial charge in [0.1, 0.15) is 0 Å². The van der Waals surface area contributed by atoms with Crippen molar-refractivity contribution in [1.29, 1.82) is 0 Å². The summed E-state index contributed by atoms with van der Waals surface area (Å²) in [6, 6.07) is 17.9. The summed E-state index contributed by atoms with van der Waals surface area (Å²) in [6.07, 6.45) is 4.21. The molecule has 1 unspecified atom stereocenters. The van der Waals surface area contributed by atoms with Crippen LogP contribution in [0.3, 0.4) is 0 Å². The monoisotopic (exact) mass is 303 g/mol. The van der Waals surface area contributed by atoms with Gasteiger partial charge in [-0.05, 0) is 54.8 Å². The summed E-state index contributed by atoms with van der Waals surface area (Å²) >= 11 is 3.56. The third-order valence-corrected chi connectivity index (χ3v) is 4.87. The van der Waals surface area contributed by atoms with Gasteiger partial charge in [0.25, 0.3) is 0 Å². The molecular formula is C17H21NS2. The Morgan fingerprint density at radius 2 is 1.35 bits per heavy atom. The summed E-state index contributed by atoms with van der Waals surface area (Å²) in [5, 5.41) is 3.58. The lowest BCUT2D eigenvalue weighted by Gasteiger charge is -2.15. The first kappa shape index (κ1) is 15.5. The van der Waals surface area contributed by atoms with E-state index in [1.54, 1.807) is 23.5 Å². The Kier molecular flexibility index (Phi) is 6.02.